The van der Waals surface area contributed by atoms with Crippen LogP contribution in [-0.2, 0) is 4.74 Å². The molecule has 0 saturated carbocycles. The third kappa shape index (κ3) is 3.56. The maximum atomic E-state index is 11.8. The molecule has 2 N–H and O–H groups in total. The zero-order chi connectivity index (χ0) is 12.3. The number of rotatable bonds is 3. The van der Waals surface area contributed by atoms with Crippen molar-refractivity contribution in [2.45, 2.75) is 6.10 Å². The zero-order valence-electron chi connectivity index (χ0n) is 8.96. The molecule has 7 heteroatoms. The molecule has 1 aromatic heterocycles. The van der Waals surface area contributed by atoms with Crippen LogP contribution in [0.4, 0.5) is 0 Å². The molecular weight excluding hydrogens is 283 g/mol. The van der Waals surface area contributed by atoms with Crippen molar-refractivity contribution in [2.75, 3.05) is 26.2 Å². The Labute approximate surface area is 113 Å². The van der Waals surface area contributed by atoms with E-state index in [9.17, 15) is 4.79 Å². The van der Waals surface area contributed by atoms with Gasteiger partial charge in [-0.05, 0) is 6.07 Å². The summed E-state index contributed by atoms with van der Waals surface area (Å²) in [5.41, 5.74) is 0.422. The summed E-state index contributed by atoms with van der Waals surface area (Å²) in [6.07, 6.45) is 0.0144. The van der Waals surface area contributed by atoms with Crippen molar-refractivity contribution >= 4 is 40.4 Å². The second-order valence-corrected chi connectivity index (χ2v) is 5.93. The summed E-state index contributed by atoms with van der Waals surface area (Å²) in [5.74, 6) is -0.215. The van der Waals surface area contributed by atoms with E-state index in [0.717, 1.165) is 13.1 Å². The van der Waals surface area contributed by atoms with Gasteiger partial charge in [0.05, 0.1) is 22.6 Å². The van der Waals surface area contributed by atoms with Crippen molar-refractivity contribution in [2.24, 2.45) is 0 Å². The molecule has 1 unspecified atom stereocenters. The molecule has 1 aliphatic rings. The third-order valence-corrected chi connectivity index (χ3v) is 3.88. The van der Waals surface area contributed by atoms with Gasteiger partial charge in [-0.15, -0.1) is 11.3 Å². The molecule has 1 saturated heterocycles. The number of hydrogen-bond acceptors (Lipinski definition) is 4. The fourth-order valence-corrected chi connectivity index (χ4v) is 3.01. The van der Waals surface area contributed by atoms with Crippen molar-refractivity contribution in [3.05, 3.63) is 20.3 Å². The molecule has 1 fully saturated rings. The van der Waals surface area contributed by atoms with Gasteiger partial charge in [-0.2, -0.15) is 0 Å². The average Bonchev–Trinajstić information content (AvgIpc) is 2.67. The van der Waals surface area contributed by atoms with Crippen molar-refractivity contribution in [3.8, 4) is 0 Å². The van der Waals surface area contributed by atoms with Gasteiger partial charge in [0, 0.05) is 19.6 Å². The molecule has 1 aromatic rings. The van der Waals surface area contributed by atoms with Crippen LogP contribution in [0.5, 0.6) is 0 Å². The van der Waals surface area contributed by atoms with Gasteiger partial charge >= 0.3 is 0 Å². The van der Waals surface area contributed by atoms with Crippen molar-refractivity contribution in [1.82, 2.24) is 10.6 Å². The Balaban J connectivity index is 1.86. The van der Waals surface area contributed by atoms with E-state index in [1.54, 1.807) is 6.07 Å². The van der Waals surface area contributed by atoms with Crippen molar-refractivity contribution < 1.29 is 9.53 Å². The molecule has 0 aromatic carbocycles. The van der Waals surface area contributed by atoms with Gasteiger partial charge in [0.15, 0.2) is 0 Å². The Bertz CT molecular complexity index is 405. The molecule has 0 spiro atoms. The van der Waals surface area contributed by atoms with E-state index in [2.05, 4.69) is 10.6 Å². The second kappa shape index (κ2) is 6.02. The van der Waals surface area contributed by atoms with Crippen molar-refractivity contribution in [1.29, 1.82) is 0 Å². The Morgan fingerprint density at radius 2 is 2.47 bits per heavy atom. The monoisotopic (exact) mass is 294 g/mol. The number of morpholine rings is 1. The Morgan fingerprint density at radius 1 is 1.65 bits per heavy atom. The quantitative estimate of drug-likeness (QED) is 0.893. The van der Waals surface area contributed by atoms with Crippen LogP contribution in [0.2, 0.25) is 8.67 Å². The lowest BCUT2D eigenvalue weighted by Gasteiger charge is -2.23. The standard InChI is InChI=1S/C10H12Cl2N2O2S/c11-8-3-7(9(12)17-8)10(15)14-5-6-4-13-1-2-16-6/h3,6,13H,1-2,4-5H2,(H,14,15). The summed E-state index contributed by atoms with van der Waals surface area (Å²) in [6, 6.07) is 1.57. The van der Waals surface area contributed by atoms with Gasteiger partial charge in [-0.1, -0.05) is 23.2 Å². The number of carbonyl (C=O) groups is 1. The number of amides is 1. The summed E-state index contributed by atoms with van der Waals surface area (Å²) in [7, 11) is 0. The van der Waals surface area contributed by atoms with E-state index in [-0.39, 0.29) is 12.0 Å². The number of halogens is 2. The van der Waals surface area contributed by atoms with E-state index in [1.807, 2.05) is 0 Å². The molecule has 0 radical (unpaired) electrons. The largest absolute Gasteiger partial charge is 0.374 e. The van der Waals surface area contributed by atoms with Crippen LogP contribution in [-0.4, -0.2) is 38.3 Å². The fourth-order valence-electron chi connectivity index (χ4n) is 1.55. The fraction of sp³-hybridized carbons (Fsp3) is 0.500. The number of nitrogens with one attached hydrogen (secondary N) is 2. The lowest BCUT2D eigenvalue weighted by Crippen LogP contribution is -2.45. The van der Waals surface area contributed by atoms with Crippen LogP contribution in [0.3, 0.4) is 0 Å². The molecule has 1 atom stereocenters. The highest BCUT2D eigenvalue weighted by molar-refractivity contribution is 7.20. The Morgan fingerprint density at radius 3 is 3.06 bits per heavy atom. The lowest BCUT2D eigenvalue weighted by molar-refractivity contribution is 0.0287. The first-order valence-electron chi connectivity index (χ1n) is 5.22. The minimum absolute atomic E-state index is 0.0144. The van der Waals surface area contributed by atoms with Gasteiger partial charge in [-0.25, -0.2) is 0 Å². The van der Waals surface area contributed by atoms with Crippen LogP contribution in [0.15, 0.2) is 6.07 Å². The first kappa shape index (κ1) is 13.1. The minimum atomic E-state index is -0.215. The number of hydrogen-bond donors (Lipinski definition) is 2. The number of carbonyl (C=O) groups excluding carboxylic acids is 1. The SMILES string of the molecule is O=C(NCC1CNCCO1)c1cc(Cl)sc1Cl. The average molecular weight is 295 g/mol. The number of thiophene rings is 1. The molecular formula is C10H12Cl2N2O2S. The normalized spacial score (nSPS) is 20.2. The molecule has 2 heterocycles. The van der Waals surface area contributed by atoms with Gasteiger partial charge < -0.3 is 15.4 Å². The van der Waals surface area contributed by atoms with Gasteiger partial charge in [0.1, 0.15) is 4.34 Å². The first-order chi connectivity index (χ1) is 8.16. The van der Waals surface area contributed by atoms with E-state index in [4.69, 9.17) is 27.9 Å². The van der Waals surface area contributed by atoms with E-state index in [1.165, 1.54) is 11.3 Å². The Hall–Kier alpha value is -0.330. The maximum Gasteiger partial charge on any atom is 0.253 e. The maximum absolute atomic E-state index is 11.8. The van der Waals surface area contributed by atoms with Crippen LogP contribution in [0.25, 0.3) is 0 Å². The number of ether oxygens (including phenoxy) is 1. The molecule has 0 aliphatic carbocycles. The molecule has 1 aliphatic heterocycles. The van der Waals surface area contributed by atoms with Gasteiger partial charge in [0.2, 0.25) is 0 Å². The topological polar surface area (TPSA) is 50.4 Å². The predicted octanol–water partition coefficient (Wildman–Crippen LogP) is 1.77. The van der Waals surface area contributed by atoms with E-state index < -0.39 is 0 Å². The molecule has 1 amide bonds. The van der Waals surface area contributed by atoms with E-state index in [0.29, 0.717) is 27.4 Å². The lowest BCUT2D eigenvalue weighted by atomic mass is 10.2. The van der Waals surface area contributed by atoms with Crippen LogP contribution in [0, 0.1) is 0 Å². The summed E-state index contributed by atoms with van der Waals surface area (Å²) >= 11 is 12.9. The molecule has 4 nitrogen and oxygen atoms in total. The van der Waals surface area contributed by atoms with Crippen LogP contribution < -0.4 is 10.6 Å². The molecule has 2 rings (SSSR count). The second-order valence-electron chi connectivity index (χ2n) is 3.64. The molecule has 17 heavy (non-hydrogen) atoms. The summed E-state index contributed by atoms with van der Waals surface area (Å²) in [6.45, 7) is 2.75. The first-order valence-corrected chi connectivity index (χ1v) is 6.79. The Kier molecular flexibility index (Phi) is 4.64. The summed E-state index contributed by atoms with van der Waals surface area (Å²) < 4.78 is 6.39. The molecule has 94 valence electrons. The van der Waals surface area contributed by atoms with E-state index >= 15 is 0 Å². The third-order valence-electron chi connectivity index (χ3n) is 2.40. The summed E-state index contributed by atoms with van der Waals surface area (Å²) in [5, 5.41) is 5.97. The predicted molar refractivity (Wildman–Crippen MR) is 69.3 cm³/mol. The van der Waals surface area contributed by atoms with Crippen LogP contribution >= 0.6 is 34.5 Å². The summed E-state index contributed by atoms with van der Waals surface area (Å²) in [4.78, 5) is 11.8. The van der Waals surface area contributed by atoms with Gasteiger partial charge in [-0.3, -0.25) is 4.79 Å². The van der Waals surface area contributed by atoms with Crippen LogP contribution in [0.1, 0.15) is 10.4 Å². The zero-order valence-corrected chi connectivity index (χ0v) is 11.3. The molecule has 0 bridgehead atoms. The highest BCUT2D eigenvalue weighted by atomic mass is 35.5. The highest BCUT2D eigenvalue weighted by Crippen LogP contribution is 2.30. The highest BCUT2D eigenvalue weighted by Gasteiger charge is 2.17. The van der Waals surface area contributed by atoms with Gasteiger partial charge in [0.25, 0.3) is 5.91 Å². The smallest absolute Gasteiger partial charge is 0.253 e. The van der Waals surface area contributed by atoms with Crippen molar-refractivity contribution in [3.63, 3.8) is 0 Å². The minimum Gasteiger partial charge on any atom is -0.374 e.